The van der Waals surface area contributed by atoms with Crippen LogP contribution >= 0.6 is 23.2 Å². The predicted molar refractivity (Wildman–Crippen MR) is 95.8 cm³/mol. The Kier molecular flexibility index (Phi) is 14.5. The highest BCUT2D eigenvalue weighted by Gasteiger charge is 2.23. The van der Waals surface area contributed by atoms with Crippen LogP contribution in [-0.2, 0) is 9.59 Å². The zero-order valence-corrected chi connectivity index (χ0v) is 15.7. The fourth-order valence-electron chi connectivity index (χ4n) is 2.69. The van der Waals surface area contributed by atoms with Crippen molar-refractivity contribution in [2.75, 3.05) is 0 Å². The molecule has 0 saturated carbocycles. The Hall–Kier alpha value is -0.0800. The van der Waals surface area contributed by atoms with E-state index in [2.05, 4.69) is 13.8 Å². The molecule has 0 fully saturated rings. The molecule has 0 N–H and O–H groups in total. The first-order valence-electron chi connectivity index (χ1n) is 8.89. The number of rotatable bonds is 15. The summed E-state index contributed by atoms with van der Waals surface area (Å²) in [5, 5.41) is -0.548. The second kappa shape index (κ2) is 14.5. The van der Waals surface area contributed by atoms with E-state index < -0.39 is 0 Å². The molecule has 0 aromatic carbocycles. The van der Waals surface area contributed by atoms with E-state index in [9.17, 15) is 9.59 Å². The normalized spacial score (nSPS) is 13.8. The fourth-order valence-corrected chi connectivity index (χ4v) is 3.16. The predicted octanol–water partition coefficient (Wildman–Crippen LogP) is 6.27. The summed E-state index contributed by atoms with van der Waals surface area (Å²) in [5.41, 5.74) is 0. The number of hydrogen-bond acceptors (Lipinski definition) is 2. The molecule has 0 saturated heterocycles. The van der Waals surface area contributed by atoms with Gasteiger partial charge in [-0.1, -0.05) is 58.8 Å². The van der Waals surface area contributed by atoms with Gasteiger partial charge in [-0.05, 0) is 37.3 Å². The van der Waals surface area contributed by atoms with Gasteiger partial charge in [0.05, 0.1) is 5.38 Å². The van der Waals surface area contributed by atoms with E-state index in [1.165, 1.54) is 0 Å². The van der Waals surface area contributed by atoms with Gasteiger partial charge in [-0.3, -0.25) is 9.59 Å². The van der Waals surface area contributed by atoms with Crippen molar-refractivity contribution in [2.24, 2.45) is 5.92 Å². The van der Waals surface area contributed by atoms with Crippen LogP contribution in [0.3, 0.4) is 0 Å². The Labute approximate surface area is 146 Å². The minimum absolute atomic E-state index is 0.149. The molecule has 2 nitrogen and oxygen atoms in total. The van der Waals surface area contributed by atoms with Crippen molar-refractivity contribution in [3.05, 3.63) is 0 Å². The Bertz CT molecular complexity index is 305. The van der Waals surface area contributed by atoms with Gasteiger partial charge in [0.2, 0.25) is 5.24 Å². The lowest BCUT2D eigenvalue weighted by atomic mass is 9.91. The maximum atomic E-state index is 12.3. The van der Waals surface area contributed by atoms with Gasteiger partial charge in [-0.15, -0.1) is 11.6 Å². The number of Topliss-reactive ketones (excluding diaryl/α,β-unsaturated/α-hetero) is 1. The summed E-state index contributed by atoms with van der Waals surface area (Å²) in [4.78, 5) is 22.9. The highest BCUT2D eigenvalue weighted by atomic mass is 35.5. The van der Waals surface area contributed by atoms with Gasteiger partial charge in [-0.2, -0.15) is 0 Å². The van der Waals surface area contributed by atoms with Crippen molar-refractivity contribution in [3.63, 3.8) is 0 Å². The lowest BCUT2D eigenvalue weighted by Gasteiger charge is -2.17. The van der Waals surface area contributed by atoms with Crippen LogP contribution in [0.15, 0.2) is 0 Å². The average molecular weight is 351 g/mol. The summed E-state index contributed by atoms with van der Waals surface area (Å²) < 4.78 is 0. The molecule has 0 spiro atoms. The number of hydrogen-bond donors (Lipinski definition) is 0. The van der Waals surface area contributed by atoms with Gasteiger partial charge in [0.25, 0.3) is 0 Å². The van der Waals surface area contributed by atoms with E-state index in [1.54, 1.807) is 0 Å². The van der Waals surface area contributed by atoms with Crippen LogP contribution in [0.2, 0.25) is 0 Å². The molecule has 0 aromatic rings. The SMILES string of the molecule is CCCCC(CC)C(=O)C(Cl)CCCCCCCCC(=O)Cl. The third-order valence-corrected chi connectivity index (χ3v) is 4.81. The van der Waals surface area contributed by atoms with Crippen molar-refractivity contribution < 1.29 is 9.59 Å². The maximum absolute atomic E-state index is 12.3. The number of carbonyl (C=O) groups excluding carboxylic acids is 2. The number of ketones is 1. The van der Waals surface area contributed by atoms with E-state index in [0.29, 0.717) is 6.42 Å². The molecule has 0 amide bonds. The van der Waals surface area contributed by atoms with Crippen LogP contribution in [0.5, 0.6) is 0 Å². The second-order valence-electron chi connectivity index (χ2n) is 6.13. The molecule has 0 heterocycles. The van der Waals surface area contributed by atoms with Crippen molar-refractivity contribution in [1.29, 1.82) is 0 Å². The molecule has 0 rings (SSSR count). The number of unbranched alkanes of at least 4 members (excludes halogenated alkanes) is 6. The van der Waals surface area contributed by atoms with E-state index >= 15 is 0 Å². The van der Waals surface area contributed by atoms with E-state index in [1.807, 2.05) is 0 Å². The van der Waals surface area contributed by atoms with Crippen molar-refractivity contribution in [1.82, 2.24) is 0 Å². The van der Waals surface area contributed by atoms with Gasteiger partial charge in [0.15, 0.2) is 5.78 Å². The zero-order valence-electron chi connectivity index (χ0n) is 14.2. The first kappa shape index (κ1) is 21.9. The monoisotopic (exact) mass is 350 g/mol. The third kappa shape index (κ3) is 11.5. The van der Waals surface area contributed by atoms with Crippen LogP contribution in [0.25, 0.3) is 0 Å². The number of carbonyl (C=O) groups is 2. The minimum atomic E-state index is -0.310. The van der Waals surface area contributed by atoms with Crippen LogP contribution in [0.4, 0.5) is 0 Å². The Morgan fingerprint density at radius 2 is 1.45 bits per heavy atom. The summed E-state index contributed by atoms with van der Waals surface area (Å²) in [6, 6.07) is 0. The average Bonchev–Trinajstić information content (AvgIpc) is 2.49. The standard InChI is InChI=1S/C18H32Cl2O2/c1-3-5-12-15(4-2)18(22)16(19)13-10-8-6-7-9-11-14-17(20)21/h15-16H,3-14H2,1-2H3. The van der Waals surface area contributed by atoms with Crippen molar-refractivity contribution >= 4 is 34.2 Å². The third-order valence-electron chi connectivity index (χ3n) is 4.19. The van der Waals surface area contributed by atoms with Gasteiger partial charge in [0.1, 0.15) is 0 Å². The Balaban J connectivity index is 3.68. The molecule has 0 aliphatic heterocycles. The van der Waals surface area contributed by atoms with E-state index in [0.717, 1.165) is 70.6 Å². The second-order valence-corrected chi connectivity index (χ2v) is 7.08. The highest BCUT2D eigenvalue weighted by Crippen LogP contribution is 2.21. The summed E-state index contributed by atoms with van der Waals surface area (Å²) in [6.45, 7) is 4.23. The Morgan fingerprint density at radius 1 is 0.864 bits per heavy atom. The van der Waals surface area contributed by atoms with Crippen LogP contribution in [-0.4, -0.2) is 16.4 Å². The van der Waals surface area contributed by atoms with Gasteiger partial charge in [-0.25, -0.2) is 0 Å². The van der Waals surface area contributed by atoms with Crippen LogP contribution in [0, 0.1) is 5.92 Å². The highest BCUT2D eigenvalue weighted by molar-refractivity contribution is 6.63. The van der Waals surface area contributed by atoms with Gasteiger partial charge < -0.3 is 0 Å². The topological polar surface area (TPSA) is 34.1 Å². The largest absolute Gasteiger partial charge is 0.298 e. The smallest absolute Gasteiger partial charge is 0.221 e. The molecule has 0 bridgehead atoms. The molecule has 0 aliphatic rings. The first-order valence-corrected chi connectivity index (χ1v) is 9.70. The molecular weight excluding hydrogens is 319 g/mol. The molecule has 0 aromatic heterocycles. The fraction of sp³-hybridized carbons (Fsp3) is 0.889. The summed E-state index contributed by atoms with van der Waals surface area (Å²) >= 11 is 11.6. The quantitative estimate of drug-likeness (QED) is 0.198. The number of halogens is 2. The summed E-state index contributed by atoms with van der Waals surface area (Å²) in [7, 11) is 0. The van der Waals surface area contributed by atoms with E-state index in [4.69, 9.17) is 23.2 Å². The summed E-state index contributed by atoms with van der Waals surface area (Å²) in [6.07, 6.45) is 11.7. The van der Waals surface area contributed by atoms with Crippen molar-refractivity contribution in [3.8, 4) is 0 Å². The van der Waals surface area contributed by atoms with Crippen molar-refractivity contribution in [2.45, 2.75) is 96.3 Å². The van der Waals surface area contributed by atoms with Crippen LogP contribution in [0.1, 0.15) is 90.9 Å². The van der Waals surface area contributed by atoms with Crippen LogP contribution < -0.4 is 0 Å². The molecule has 22 heavy (non-hydrogen) atoms. The molecule has 130 valence electrons. The minimum Gasteiger partial charge on any atom is -0.298 e. The van der Waals surface area contributed by atoms with Gasteiger partial charge in [0, 0.05) is 12.3 Å². The molecule has 2 unspecified atom stereocenters. The molecule has 2 atom stereocenters. The molecule has 0 aliphatic carbocycles. The Morgan fingerprint density at radius 3 is 2.00 bits per heavy atom. The molecule has 4 heteroatoms. The lowest BCUT2D eigenvalue weighted by molar-refractivity contribution is -0.123. The van der Waals surface area contributed by atoms with E-state index in [-0.39, 0.29) is 22.3 Å². The summed E-state index contributed by atoms with van der Waals surface area (Å²) in [5.74, 6) is 0.397. The molecule has 0 radical (unpaired) electrons. The first-order chi connectivity index (χ1) is 10.5. The zero-order chi connectivity index (χ0) is 16.8. The number of alkyl halides is 1. The maximum Gasteiger partial charge on any atom is 0.221 e. The van der Waals surface area contributed by atoms with Gasteiger partial charge >= 0.3 is 0 Å². The molecular formula is C18H32Cl2O2. The lowest BCUT2D eigenvalue weighted by Crippen LogP contribution is -2.24.